The van der Waals surface area contributed by atoms with Gasteiger partial charge in [0.05, 0.1) is 16.0 Å². The summed E-state index contributed by atoms with van der Waals surface area (Å²) in [6.07, 6.45) is -0.423. The van der Waals surface area contributed by atoms with Crippen LogP contribution in [-0.2, 0) is 10.7 Å². The van der Waals surface area contributed by atoms with Crippen LogP contribution in [0, 0.1) is 11.3 Å². The molecule has 0 radical (unpaired) electrons. The van der Waals surface area contributed by atoms with Crippen LogP contribution in [-0.4, -0.2) is 53.1 Å². The third kappa shape index (κ3) is 3.30. The Kier molecular flexibility index (Phi) is 4.59. The van der Waals surface area contributed by atoms with E-state index in [-0.39, 0.29) is 29.0 Å². The number of carbonyl (C=O) groups excluding carboxylic acids is 1. The second-order valence-electron chi connectivity index (χ2n) is 8.41. The highest BCUT2D eigenvalue weighted by atomic mass is 35.5. The summed E-state index contributed by atoms with van der Waals surface area (Å²) in [4.78, 5) is 13.6. The van der Waals surface area contributed by atoms with E-state index in [1.54, 1.807) is 0 Å². The second kappa shape index (κ2) is 6.79. The molecule has 12 heteroatoms. The zero-order valence-corrected chi connectivity index (χ0v) is 17.4. The zero-order valence-electron chi connectivity index (χ0n) is 15.8. The molecule has 1 saturated carbocycles. The first-order chi connectivity index (χ1) is 14.5. The Balaban J connectivity index is 1.33. The summed E-state index contributed by atoms with van der Waals surface area (Å²) in [5, 5.41) is 10.6. The van der Waals surface area contributed by atoms with Gasteiger partial charge in [0.1, 0.15) is 5.92 Å². The molecule has 1 aliphatic carbocycles. The number of likely N-dealkylation sites (tertiary alicyclic amines) is 1. The summed E-state index contributed by atoms with van der Waals surface area (Å²) < 4.78 is 61.5. The number of alkyl halides is 4. The Morgan fingerprint density at radius 3 is 2.58 bits per heavy atom. The van der Waals surface area contributed by atoms with Crippen molar-refractivity contribution in [1.82, 2.24) is 20.4 Å². The van der Waals surface area contributed by atoms with Gasteiger partial charge in [-0.1, -0.05) is 29.3 Å². The highest BCUT2D eigenvalue weighted by molar-refractivity contribution is 6.42. The van der Waals surface area contributed by atoms with E-state index in [1.807, 2.05) is 0 Å². The van der Waals surface area contributed by atoms with Crippen molar-refractivity contribution in [3.63, 3.8) is 0 Å². The average molecular weight is 479 g/mol. The Hall–Kier alpha value is -1.91. The first-order valence-corrected chi connectivity index (χ1v) is 10.3. The van der Waals surface area contributed by atoms with Crippen molar-refractivity contribution in [2.45, 2.75) is 24.2 Å². The number of nitrogens with zero attached hydrogens (tertiary/aromatic N) is 3. The molecule has 1 spiro atoms. The van der Waals surface area contributed by atoms with Crippen LogP contribution in [0.15, 0.2) is 22.6 Å². The molecule has 1 amide bonds. The SMILES string of the molecule is O=C([C@H]1CC1(F)F)N1CC2(CNCC2c2nnc(C(F)(F)c3ccc(Cl)c(Cl)c3)o2)C1. The number of nitrogens with one attached hydrogen (secondary N) is 1. The summed E-state index contributed by atoms with van der Waals surface area (Å²) in [6.45, 7) is 1.35. The van der Waals surface area contributed by atoms with Crippen molar-refractivity contribution in [3.8, 4) is 0 Å². The smallest absolute Gasteiger partial charge is 0.349 e. The fraction of sp³-hybridized carbons (Fsp3) is 0.526. The summed E-state index contributed by atoms with van der Waals surface area (Å²) in [7, 11) is 0. The van der Waals surface area contributed by atoms with Crippen molar-refractivity contribution in [3.05, 3.63) is 45.6 Å². The van der Waals surface area contributed by atoms with Crippen molar-refractivity contribution >= 4 is 29.1 Å². The van der Waals surface area contributed by atoms with Crippen LogP contribution in [0.1, 0.15) is 29.7 Å². The average Bonchev–Trinajstić information content (AvgIpc) is 3.08. The van der Waals surface area contributed by atoms with Crippen LogP contribution in [0.3, 0.4) is 0 Å². The minimum absolute atomic E-state index is 0.0172. The van der Waals surface area contributed by atoms with Crippen molar-refractivity contribution in [2.75, 3.05) is 26.2 Å². The second-order valence-corrected chi connectivity index (χ2v) is 9.22. The van der Waals surface area contributed by atoms with Crippen LogP contribution in [0.25, 0.3) is 0 Å². The molecule has 6 nitrogen and oxygen atoms in total. The Morgan fingerprint density at radius 2 is 1.94 bits per heavy atom. The predicted octanol–water partition coefficient (Wildman–Crippen LogP) is 3.69. The predicted molar refractivity (Wildman–Crippen MR) is 101 cm³/mol. The molecule has 3 aliphatic rings. The fourth-order valence-corrected chi connectivity index (χ4v) is 4.67. The van der Waals surface area contributed by atoms with E-state index in [4.69, 9.17) is 27.6 Å². The number of aromatic nitrogens is 2. The van der Waals surface area contributed by atoms with Gasteiger partial charge in [0, 0.05) is 43.6 Å². The summed E-state index contributed by atoms with van der Waals surface area (Å²) in [5.74, 6) is -9.61. The van der Waals surface area contributed by atoms with Crippen LogP contribution >= 0.6 is 23.2 Å². The number of amides is 1. The number of benzene rings is 1. The van der Waals surface area contributed by atoms with Crippen LogP contribution in [0.5, 0.6) is 0 Å². The van der Waals surface area contributed by atoms with E-state index in [9.17, 15) is 22.4 Å². The summed E-state index contributed by atoms with van der Waals surface area (Å²) in [5.41, 5.74) is -0.954. The highest BCUT2D eigenvalue weighted by Crippen LogP contribution is 2.53. The fourth-order valence-electron chi connectivity index (χ4n) is 4.38. The molecule has 0 bridgehead atoms. The van der Waals surface area contributed by atoms with E-state index in [0.717, 1.165) is 12.1 Å². The maximum absolute atomic E-state index is 14.9. The molecule has 31 heavy (non-hydrogen) atoms. The van der Waals surface area contributed by atoms with Crippen LogP contribution in [0.2, 0.25) is 10.0 Å². The minimum Gasteiger partial charge on any atom is -0.419 e. The van der Waals surface area contributed by atoms with E-state index < -0.39 is 52.9 Å². The number of hydrogen-bond donors (Lipinski definition) is 1. The third-order valence-electron chi connectivity index (χ3n) is 6.30. The molecule has 1 aromatic carbocycles. The van der Waals surface area contributed by atoms with Gasteiger partial charge in [-0.3, -0.25) is 4.79 Å². The normalized spacial score (nSPS) is 26.2. The lowest BCUT2D eigenvalue weighted by Gasteiger charge is -2.50. The van der Waals surface area contributed by atoms with Crippen molar-refractivity contribution in [2.24, 2.45) is 11.3 Å². The largest absolute Gasteiger partial charge is 0.419 e. The molecule has 2 aromatic rings. The summed E-state index contributed by atoms with van der Waals surface area (Å²) >= 11 is 11.6. The van der Waals surface area contributed by atoms with Crippen molar-refractivity contribution < 1.29 is 26.8 Å². The van der Waals surface area contributed by atoms with Gasteiger partial charge in [-0.05, 0) is 12.1 Å². The van der Waals surface area contributed by atoms with E-state index >= 15 is 0 Å². The molecule has 2 atom stereocenters. The Morgan fingerprint density at radius 1 is 1.23 bits per heavy atom. The first kappa shape index (κ1) is 21.0. The standard InChI is InChI=1S/C19H16Cl2F4N4O2/c20-12-2-1-9(3-13(12)21)19(24,25)16-28-27-14(31-16)11-5-26-6-17(11)7-29(8-17)15(30)10-4-18(10,22)23/h1-3,10-11,26H,4-8H2/t10-,11?/m1/s1. The molecular formula is C19H16Cl2F4N4O2. The lowest BCUT2D eigenvalue weighted by molar-refractivity contribution is -0.147. The quantitative estimate of drug-likeness (QED) is 0.678. The molecule has 166 valence electrons. The highest BCUT2D eigenvalue weighted by Gasteiger charge is 2.65. The molecule has 1 aromatic heterocycles. The van der Waals surface area contributed by atoms with Gasteiger partial charge in [-0.2, -0.15) is 8.78 Å². The Bertz CT molecular complexity index is 1060. The van der Waals surface area contributed by atoms with Crippen molar-refractivity contribution in [1.29, 1.82) is 0 Å². The first-order valence-electron chi connectivity index (χ1n) is 9.58. The van der Waals surface area contributed by atoms with E-state index in [0.29, 0.717) is 13.1 Å². The van der Waals surface area contributed by atoms with Gasteiger partial charge in [0.25, 0.3) is 11.8 Å². The number of halogens is 6. The molecule has 3 fully saturated rings. The van der Waals surface area contributed by atoms with E-state index in [2.05, 4.69) is 15.5 Å². The monoisotopic (exact) mass is 478 g/mol. The van der Waals surface area contributed by atoms with Crippen LogP contribution < -0.4 is 5.32 Å². The molecular weight excluding hydrogens is 463 g/mol. The lowest BCUT2D eigenvalue weighted by Crippen LogP contribution is -2.62. The molecule has 2 aliphatic heterocycles. The molecule has 2 saturated heterocycles. The minimum atomic E-state index is -3.59. The van der Waals surface area contributed by atoms with Gasteiger partial charge in [-0.15, -0.1) is 10.2 Å². The van der Waals surface area contributed by atoms with E-state index in [1.165, 1.54) is 11.0 Å². The van der Waals surface area contributed by atoms with Gasteiger partial charge in [-0.25, -0.2) is 8.78 Å². The lowest BCUT2D eigenvalue weighted by atomic mass is 9.71. The van der Waals surface area contributed by atoms with Gasteiger partial charge in [0.15, 0.2) is 0 Å². The molecule has 5 rings (SSSR count). The van der Waals surface area contributed by atoms with Gasteiger partial charge >= 0.3 is 5.92 Å². The molecule has 3 heterocycles. The number of hydrogen-bond acceptors (Lipinski definition) is 5. The third-order valence-corrected chi connectivity index (χ3v) is 7.04. The number of rotatable bonds is 4. The summed E-state index contributed by atoms with van der Waals surface area (Å²) in [6, 6.07) is 3.42. The maximum Gasteiger partial charge on any atom is 0.349 e. The van der Waals surface area contributed by atoms with Gasteiger partial charge in [0.2, 0.25) is 11.8 Å². The van der Waals surface area contributed by atoms with Gasteiger partial charge < -0.3 is 14.6 Å². The maximum atomic E-state index is 14.9. The molecule has 1 unspecified atom stereocenters. The van der Waals surface area contributed by atoms with Crippen LogP contribution in [0.4, 0.5) is 17.6 Å². The molecule has 1 N–H and O–H groups in total. The topological polar surface area (TPSA) is 71.3 Å². The number of carbonyl (C=O) groups is 1. The zero-order chi connectivity index (χ0) is 22.2. The Labute approximate surface area is 183 Å².